The van der Waals surface area contributed by atoms with Crippen molar-refractivity contribution in [3.63, 3.8) is 0 Å². The first-order valence-corrected chi connectivity index (χ1v) is 9.35. The van der Waals surface area contributed by atoms with Crippen LogP contribution in [0.4, 0.5) is 11.5 Å². The van der Waals surface area contributed by atoms with Crippen molar-refractivity contribution in [2.24, 2.45) is 5.92 Å². The van der Waals surface area contributed by atoms with Crippen LogP contribution in [0.5, 0.6) is 0 Å². The number of benzene rings is 2. The average Bonchev–Trinajstić information content (AvgIpc) is 3.42. The van der Waals surface area contributed by atoms with Gasteiger partial charge in [0.25, 0.3) is 5.91 Å². The molecular weight excluding hydrogens is 352 g/mol. The fourth-order valence-corrected chi connectivity index (χ4v) is 3.16. The summed E-state index contributed by atoms with van der Waals surface area (Å²) in [7, 11) is 0. The van der Waals surface area contributed by atoms with Crippen LogP contribution in [0.25, 0.3) is 5.69 Å². The number of hydrogen-bond donors (Lipinski definition) is 2. The molecule has 1 heterocycles. The molecule has 0 radical (unpaired) electrons. The first kappa shape index (κ1) is 18.0. The van der Waals surface area contributed by atoms with Crippen molar-refractivity contribution in [1.29, 1.82) is 0 Å². The normalized spacial score (nSPS) is 13.2. The molecule has 0 bridgehead atoms. The molecule has 0 saturated heterocycles. The molecule has 2 N–H and O–H groups in total. The Labute approximate surface area is 163 Å². The highest BCUT2D eigenvalue weighted by atomic mass is 16.2. The highest BCUT2D eigenvalue weighted by Crippen LogP contribution is 2.30. The van der Waals surface area contributed by atoms with Gasteiger partial charge in [-0.25, -0.2) is 4.68 Å². The van der Waals surface area contributed by atoms with E-state index in [0.29, 0.717) is 5.82 Å². The van der Waals surface area contributed by atoms with Gasteiger partial charge in [-0.15, -0.1) is 0 Å². The van der Waals surface area contributed by atoms with Crippen LogP contribution in [0.1, 0.15) is 34.5 Å². The van der Waals surface area contributed by atoms with Crippen molar-refractivity contribution in [2.45, 2.75) is 26.7 Å². The summed E-state index contributed by atoms with van der Waals surface area (Å²) in [6.07, 6.45) is 1.82. The molecule has 0 spiro atoms. The summed E-state index contributed by atoms with van der Waals surface area (Å²) in [6, 6.07) is 16.9. The van der Waals surface area contributed by atoms with Crippen molar-refractivity contribution in [1.82, 2.24) is 9.78 Å². The van der Waals surface area contributed by atoms with Gasteiger partial charge < -0.3 is 10.6 Å². The molecular formula is C22H22N4O2. The molecule has 28 heavy (non-hydrogen) atoms. The number of nitrogens with zero attached hydrogens (tertiary/aromatic N) is 2. The first-order chi connectivity index (χ1) is 13.5. The first-order valence-electron chi connectivity index (χ1n) is 9.35. The van der Waals surface area contributed by atoms with E-state index in [2.05, 4.69) is 15.7 Å². The third kappa shape index (κ3) is 3.96. The minimum absolute atomic E-state index is 0.0293. The molecule has 3 aromatic rings. The summed E-state index contributed by atoms with van der Waals surface area (Å²) in [4.78, 5) is 25.0. The molecule has 1 aliphatic carbocycles. The Bertz CT molecular complexity index is 1020. The zero-order valence-corrected chi connectivity index (χ0v) is 15.9. The lowest BCUT2D eigenvalue weighted by Gasteiger charge is -2.08. The minimum atomic E-state index is -0.318. The maximum absolute atomic E-state index is 12.8. The molecule has 6 heteroatoms. The van der Waals surface area contributed by atoms with Crippen LogP contribution in [0.2, 0.25) is 0 Å². The number of aromatic nitrogens is 2. The van der Waals surface area contributed by atoms with E-state index in [1.165, 1.54) is 0 Å². The van der Waals surface area contributed by atoms with Crippen LogP contribution in [0.15, 0.2) is 54.6 Å². The van der Waals surface area contributed by atoms with Crippen molar-refractivity contribution >= 4 is 23.3 Å². The topological polar surface area (TPSA) is 76.0 Å². The third-order valence-corrected chi connectivity index (χ3v) is 4.62. The van der Waals surface area contributed by atoms with Gasteiger partial charge >= 0.3 is 0 Å². The van der Waals surface area contributed by atoms with Gasteiger partial charge in [-0.1, -0.05) is 24.3 Å². The van der Waals surface area contributed by atoms with Crippen LogP contribution in [-0.2, 0) is 4.79 Å². The van der Waals surface area contributed by atoms with E-state index in [-0.39, 0.29) is 23.4 Å². The van der Waals surface area contributed by atoms with E-state index in [0.717, 1.165) is 35.3 Å². The van der Waals surface area contributed by atoms with E-state index in [1.807, 2.05) is 62.4 Å². The largest absolute Gasteiger partial charge is 0.321 e. The number of carbonyl (C=O) groups excluding carboxylic acids is 2. The lowest BCUT2D eigenvalue weighted by Crippen LogP contribution is -2.16. The van der Waals surface area contributed by atoms with Gasteiger partial charge in [0, 0.05) is 17.7 Å². The van der Waals surface area contributed by atoms with Crippen LogP contribution in [-0.4, -0.2) is 21.6 Å². The Hall–Kier alpha value is -3.41. The number of nitrogens with one attached hydrogen (secondary N) is 2. The van der Waals surface area contributed by atoms with E-state index in [4.69, 9.17) is 0 Å². The van der Waals surface area contributed by atoms with Crippen molar-refractivity contribution in [3.05, 3.63) is 71.4 Å². The fourth-order valence-electron chi connectivity index (χ4n) is 3.16. The standard InChI is InChI=1S/C22H22N4O2/c1-14-10-15(2)12-17(11-14)23-22(28)19-13-20(24-21(27)16-8-9-16)26(25-19)18-6-4-3-5-7-18/h3-7,10-13,16H,8-9H2,1-2H3,(H,23,28)(H,24,27). The SMILES string of the molecule is Cc1cc(C)cc(NC(=O)c2cc(NC(=O)C3CC3)n(-c3ccccc3)n2)c1. The number of hydrogen-bond acceptors (Lipinski definition) is 3. The number of amides is 2. The van der Waals surface area contributed by atoms with Gasteiger partial charge in [0.1, 0.15) is 5.82 Å². The minimum Gasteiger partial charge on any atom is -0.321 e. The smallest absolute Gasteiger partial charge is 0.276 e. The van der Waals surface area contributed by atoms with Gasteiger partial charge in [0.2, 0.25) is 5.91 Å². The summed E-state index contributed by atoms with van der Waals surface area (Å²) in [5.74, 6) is 0.209. The summed E-state index contributed by atoms with van der Waals surface area (Å²) < 4.78 is 1.59. The molecule has 142 valence electrons. The van der Waals surface area contributed by atoms with Crippen LogP contribution in [0.3, 0.4) is 0 Å². The maximum atomic E-state index is 12.8. The summed E-state index contributed by atoms with van der Waals surface area (Å²) in [5, 5.41) is 10.2. The summed E-state index contributed by atoms with van der Waals surface area (Å²) >= 11 is 0. The van der Waals surface area contributed by atoms with Gasteiger partial charge in [-0.05, 0) is 62.1 Å². The Morgan fingerprint density at radius 1 is 0.964 bits per heavy atom. The molecule has 0 aliphatic heterocycles. The zero-order valence-electron chi connectivity index (χ0n) is 15.9. The fraction of sp³-hybridized carbons (Fsp3) is 0.227. The monoisotopic (exact) mass is 374 g/mol. The molecule has 6 nitrogen and oxygen atoms in total. The van der Waals surface area contributed by atoms with Crippen molar-refractivity contribution < 1.29 is 9.59 Å². The lowest BCUT2D eigenvalue weighted by atomic mass is 10.1. The quantitative estimate of drug-likeness (QED) is 0.706. The van der Waals surface area contributed by atoms with E-state index >= 15 is 0 Å². The second-order valence-corrected chi connectivity index (χ2v) is 7.26. The van der Waals surface area contributed by atoms with Crippen LogP contribution in [0, 0.1) is 19.8 Å². The molecule has 1 saturated carbocycles. The van der Waals surface area contributed by atoms with E-state index in [1.54, 1.807) is 10.7 Å². The average molecular weight is 374 g/mol. The number of para-hydroxylation sites is 1. The van der Waals surface area contributed by atoms with Crippen molar-refractivity contribution in [2.75, 3.05) is 10.6 Å². The molecule has 1 fully saturated rings. The van der Waals surface area contributed by atoms with Gasteiger partial charge in [-0.3, -0.25) is 9.59 Å². The summed E-state index contributed by atoms with van der Waals surface area (Å²) in [6.45, 7) is 3.97. The van der Waals surface area contributed by atoms with E-state index in [9.17, 15) is 9.59 Å². The third-order valence-electron chi connectivity index (χ3n) is 4.62. The van der Waals surface area contributed by atoms with Gasteiger partial charge in [0.05, 0.1) is 5.69 Å². The number of carbonyl (C=O) groups is 2. The van der Waals surface area contributed by atoms with Crippen LogP contribution < -0.4 is 10.6 Å². The second kappa shape index (κ2) is 7.31. The molecule has 0 unspecified atom stereocenters. The Balaban J connectivity index is 1.63. The predicted molar refractivity (Wildman–Crippen MR) is 109 cm³/mol. The maximum Gasteiger partial charge on any atom is 0.276 e. The van der Waals surface area contributed by atoms with Crippen LogP contribution >= 0.6 is 0 Å². The second-order valence-electron chi connectivity index (χ2n) is 7.26. The number of anilines is 2. The molecule has 1 aromatic heterocycles. The van der Waals surface area contributed by atoms with Gasteiger partial charge in [0.15, 0.2) is 5.69 Å². The molecule has 2 amide bonds. The highest BCUT2D eigenvalue weighted by molar-refractivity contribution is 6.04. The highest BCUT2D eigenvalue weighted by Gasteiger charge is 2.30. The molecule has 4 rings (SSSR count). The Morgan fingerprint density at radius 2 is 1.64 bits per heavy atom. The molecule has 1 aliphatic rings. The zero-order chi connectivity index (χ0) is 19.7. The van der Waals surface area contributed by atoms with Gasteiger partial charge in [-0.2, -0.15) is 5.10 Å². The molecule has 2 aromatic carbocycles. The summed E-state index contributed by atoms with van der Waals surface area (Å²) in [5.41, 5.74) is 3.89. The predicted octanol–water partition coefficient (Wildman–Crippen LogP) is 4.09. The molecule has 0 atom stereocenters. The van der Waals surface area contributed by atoms with E-state index < -0.39 is 0 Å². The Kier molecular flexibility index (Phi) is 4.69. The Morgan fingerprint density at radius 3 is 2.29 bits per heavy atom. The number of aryl methyl sites for hydroxylation is 2. The lowest BCUT2D eigenvalue weighted by molar-refractivity contribution is -0.117. The number of rotatable bonds is 5. The van der Waals surface area contributed by atoms with Crippen molar-refractivity contribution in [3.8, 4) is 5.69 Å².